The highest BCUT2D eigenvalue weighted by atomic mass is 35.5. The minimum atomic E-state index is -0.209. The summed E-state index contributed by atoms with van der Waals surface area (Å²) in [5, 5.41) is 7.29. The summed E-state index contributed by atoms with van der Waals surface area (Å²) < 4.78 is 13.4. The van der Waals surface area contributed by atoms with Gasteiger partial charge in [0.1, 0.15) is 16.8 Å². The van der Waals surface area contributed by atoms with Gasteiger partial charge in [0.25, 0.3) is 0 Å². The Morgan fingerprint density at radius 2 is 1.77 bits per heavy atom. The SMILES string of the molecule is Fc1ccc(C2(CNC(=S)Nc3nc(Cl)cc(N4CCCCC4)n3)CCCC2)cc1. The van der Waals surface area contributed by atoms with Crippen molar-refractivity contribution in [1.82, 2.24) is 15.3 Å². The van der Waals surface area contributed by atoms with Gasteiger partial charge in [-0.15, -0.1) is 0 Å². The highest BCUT2D eigenvalue weighted by molar-refractivity contribution is 7.80. The van der Waals surface area contributed by atoms with Crippen LogP contribution in [-0.2, 0) is 5.41 Å². The number of hydrogen-bond donors (Lipinski definition) is 2. The third kappa shape index (κ3) is 5.01. The lowest BCUT2D eigenvalue weighted by Crippen LogP contribution is -2.41. The van der Waals surface area contributed by atoms with Gasteiger partial charge in [-0.1, -0.05) is 36.6 Å². The van der Waals surface area contributed by atoms with Gasteiger partial charge in [0.2, 0.25) is 5.95 Å². The molecule has 5 nitrogen and oxygen atoms in total. The van der Waals surface area contributed by atoms with E-state index in [-0.39, 0.29) is 11.2 Å². The Balaban J connectivity index is 1.41. The van der Waals surface area contributed by atoms with Crippen LogP contribution < -0.4 is 15.5 Å². The van der Waals surface area contributed by atoms with Crippen LogP contribution in [0.25, 0.3) is 0 Å². The summed E-state index contributed by atoms with van der Waals surface area (Å²) in [4.78, 5) is 11.1. The maximum absolute atomic E-state index is 13.4. The second kappa shape index (κ2) is 9.43. The van der Waals surface area contributed by atoms with Gasteiger partial charge in [0.15, 0.2) is 5.11 Å². The van der Waals surface area contributed by atoms with Crippen LogP contribution in [0, 0.1) is 5.82 Å². The molecule has 2 aliphatic rings. The molecule has 1 aromatic carbocycles. The Morgan fingerprint density at radius 1 is 1.07 bits per heavy atom. The Labute approximate surface area is 187 Å². The van der Waals surface area contributed by atoms with Crippen LogP contribution in [0.1, 0.15) is 50.5 Å². The number of nitrogens with zero attached hydrogens (tertiary/aromatic N) is 3. The van der Waals surface area contributed by atoms with Crippen molar-refractivity contribution in [1.29, 1.82) is 0 Å². The summed E-state index contributed by atoms with van der Waals surface area (Å²) >= 11 is 11.8. The highest BCUT2D eigenvalue weighted by Gasteiger charge is 2.35. The summed E-state index contributed by atoms with van der Waals surface area (Å²) in [6.45, 7) is 2.65. The number of nitrogens with one attached hydrogen (secondary N) is 2. The Kier molecular flexibility index (Phi) is 6.68. The maximum Gasteiger partial charge on any atom is 0.232 e. The molecule has 2 heterocycles. The van der Waals surface area contributed by atoms with E-state index in [0.29, 0.717) is 22.8 Å². The maximum atomic E-state index is 13.4. The lowest BCUT2D eigenvalue weighted by Gasteiger charge is -2.30. The second-order valence-electron chi connectivity index (χ2n) is 8.22. The van der Waals surface area contributed by atoms with E-state index >= 15 is 0 Å². The molecule has 8 heteroatoms. The van der Waals surface area contributed by atoms with Gasteiger partial charge >= 0.3 is 0 Å². The highest BCUT2D eigenvalue weighted by Crippen LogP contribution is 2.40. The Hall–Kier alpha value is -1.99. The van der Waals surface area contributed by atoms with Gasteiger partial charge in [-0.05, 0) is 62.0 Å². The molecule has 4 rings (SSSR count). The molecular weight excluding hydrogens is 421 g/mol. The molecule has 0 spiro atoms. The van der Waals surface area contributed by atoms with Crippen LogP contribution in [0.15, 0.2) is 30.3 Å². The van der Waals surface area contributed by atoms with E-state index in [0.717, 1.165) is 63.0 Å². The summed E-state index contributed by atoms with van der Waals surface area (Å²) in [6, 6.07) is 8.66. The van der Waals surface area contributed by atoms with Gasteiger partial charge in [0.05, 0.1) is 0 Å². The summed E-state index contributed by atoms with van der Waals surface area (Å²) in [5.41, 5.74) is 1.12. The van der Waals surface area contributed by atoms with Crippen LogP contribution in [0.2, 0.25) is 5.15 Å². The number of rotatable bonds is 5. The first-order chi connectivity index (χ1) is 14.5. The molecule has 0 radical (unpaired) electrons. The molecule has 160 valence electrons. The predicted octanol–water partition coefficient (Wildman–Crippen LogP) is 5.06. The number of halogens is 2. The molecule has 1 aromatic heterocycles. The summed E-state index contributed by atoms with van der Waals surface area (Å²) in [5.74, 6) is 1.03. The number of thiocarbonyl (C=S) groups is 1. The first-order valence-electron chi connectivity index (χ1n) is 10.6. The van der Waals surface area contributed by atoms with Crippen molar-refractivity contribution in [3.63, 3.8) is 0 Å². The van der Waals surface area contributed by atoms with Gasteiger partial charge in [-0.3, -0.25) is 0 Å². The van der Waals surface area contributed by atoms with Crippen molar-refractivity contribution in [2.45, 2.75) is 50.4 Å². The van der Waals surface area contributed by atoms with E-state index in [1.54, 1.807) is 6.07 Å². The zero-order chi connectivity index (χ0) is 21.0. The molecule has 0 atom stereocenters. The number of hydrogen-bond acceptors (Lipinski definition) is 4. The lowest BCUT2D eigenvalue weighted by molar-refractivity contribution is 0.434. The van der Waals surface area contributed by atoms with Crippen LogP contribution in [-0.4, -0.2) is 34.7 Å². The van der Waals surface area contributed by atoms with Crippen molar-refractivity contribution in [3.05, 3.63) is 46.9 Å². The first-order valence-corrected chi connectivity index (χ1v) is 11.4. The molecule has 2 fully saturated rings. The summed E-state index contributed by atoms with van der Waals surface area (Å²) in [7, 11) is 0. The Morgan fingerprint density at radius 3 is 2.47 bits per heavy atom. The molecule has 2 N–H and O–H groups in total. The zero-order valence-electron chi connectivity index (χ0n) is 17.0. The largest absolute Gasteiger partial charge is 0.361 e. The van der Waals surface area contributed by atoms with E-state index in [9.17, 15) is 4.39 Å². The van der Waals surface area contributed by atoms with Crippen molar-refractivity contribution < 1.29 is 4.39 Å². The second-order valence-corrected chi connectivity index (χ2v) is 9.02. The molecule has 0 bridgehead atoms. The average molecular weight is 448 g/mol. The van der Waals surface area contributed by atoms with Crippen molar-refractivity contribution in [2.75, 3.05) is 29.9 Å². The molecule has 0 amide bonds. The number of piperidine rings is 1. The van der Waals surface area contributed by atoms with Crippen LogP contribution in [0.4, 0.5) is 16.2 Å². The zero-order valence-corrected chi connectivity index (χ0v) is 18.5. The topological polar surface area (TPSA) is 53.1 Å². The molecule has 30 heavy (non-hydrogen) atoms. The smallest absolute Gasteiger partial charge is 0.232 e. The van der Waals surface area contributed by atoms with E-state index in [2.05, 4.69) is 25.5 Å². The third-order valence-electron chi connectivity index (χ3n) is 6.19. The van der Waals surface area contributed by atoms with E-state index in [1.807, 2.05) is 12.1 Å². The molecular formula is C22H27ClFN5S. The first kappa shape index (κ1) is 21.2. The summed E-state index contributed by atoms with van der Waals surface area (Å²) in [6.07, 6.45) is 8.02. The average Bonchev–Trinajstić information content (AvgIpc) is 3.23. The lowest BCUT2D eigenvalue weighted by atomic mass is 9.79. The van der Waals surface area contributed by atoms with Gasteiger partial charge in [0, 0.05) is 31.1 Å². The quantitative estimate of drug-likeness (QED) is 0.493. The van der Waals surface area contributed by atoms with Crippen LogP contribution in [0.3, 0.4) is 0 Å². The minimum Gasteiger partial charge on any atom is -0.361 e. The van der Waals surface area contributed by atoms with Crippen LogP contribution in [0.5, 0.6) is 0 Å². The van der Waals surface area contributed by atoms with E-state index in [1.165, 1.54) is 18.6 Å². The molecule has 1 saturated heterocycles. The van der Waals surface area contributed by atoms with E-state index < -0.39 is 0 Å². The fourth-order valence-corrected chi connectivity index (χ4v) is 4.91. The molecule has 1 aliphatic carbocycles. The molecule has 1 aliphatic heterocycles. The fourth-order valence-electron chi connectivity index (χ4n) is 4.56. The minimum absolute atomic E-state index is 0.0341. The van der Waals surface area contributed by atoms with Gasteiger partial charge < -0.3 is 15.5 Å². The van der Waals surface area contributed by atoms with Crippen molar-refractivity contribution >= 4 is 40.7 Å². The van der Waals surface area contributed by atoms with Gasteiger partial charge in [-0.25, -0.2) is 9.37 Å². The third-order valence-corrected chi connectivity index (χ3v) is 6.63. The molecule has 2 aromatic rings. The normalized spacial score (nSPS) is 18.3. The fraction of sp³-hybridized carbons (Fsp3) is 0.500. The predicted molar refractivity (Wildman–Crippen MR) is 124 cm³/mol. The van der Waals surface area contributed by atoms with Gasteiger partial charge in [-0.2, -0.15) is 4.98 Å². The molecule has 1 saturated carbocycles. The number of benzene rings is 1. The number of anilines is 2. The monoisotopic (exact) mass is 447 g/mol. The molecule has 0 unspecified atom stereocenters. The number of aromatic nitrogens is 2. The van der Waals surface area contributed by atoms with Crippen LogP contribution >= 0.6 is 23.8 Å². The van der Waals surface area contributed by atoms with E-state index in [4.69, 9.17) is 23.8 Å². The standard InChI is InChI=1S/C22H27ClFN5S/c23-18-14-19(29-12-4-1-5-13-29)27-20(26-18)28-21(30)25-15-22(10-2-3-11-22)16-6-8-17(24)9-7-16/h6-9,14H,1-5,10-13,15H2,(H2,25,26,27,28,30). The Bertz CT molecular complexity index is 880. The van der Waals surface area contributed by atoms with Crippen molar-refractivity contribution in [3.8, 4) is 0 Å². The van der Waals surface area contributed by atoms with Crippen molar-refractivity contribution in [2.24, 2.45) is 0 Å².